The van der Waals surface area contributed by atoms with Crippen LogP contribution < -0.4 is 10.5 Å². The van der Waals surface area contributed by atoms with Crippen LogP contribution in [0.3, 0.4) is 0 Å². The van der Waals surface area contributed by atoms with Gasteiger partial charge in [-0.15, -0.1) is 0 Å². The van der Waals surface area contributed by atoms with Gasteiger partial charge in [0, 0.05) is 23.1 Å². The van der Waals surface area contributed by atoms with Crippen molar-refractivity contribution in [1.82, 2.24) is 0 Å². The summed E-state index contributed by atoms with van der Waals surface area (Å²) in [5, 5.41) is 10.2. The molecule has 0 spiro atoms. The zero-order valence-electron chi connectivity index (χ0n) is 17.6. The number of furan rings is 1. The maximum Gasteiger partial charge on any atom is 0.307 e. The third-order valence-electron chi connectivity index (χ3n) is 5.43. The molecule has 0 aliphatic heterocycles. The molecule has 1 aromatic heterocycles. The number of fused-ring (bicyclic) bond motifs is 1. The van der Waals surface area contributed by atoms with Gasteiger partial charge in [0.05, 0.1) is 6.42 Å². The van der Waals surface area contributed by atoms with Crippen molar-refractivity contribution in [2.45, 2.75) is 33.4 Å². The molecule has 4 aromatic rings. The van der Waals surface area contributed by atoms with E-state index < -0.39 is 5.97 Å². The first-order chi connectivity index (χ1) is 14.9. The van der Waals surface area contributed by atoms with Gasteiger partial charge < -0.3 is 20.0 Å². The van der Waals surface area contributed by atoms with Crippen LogP contribution in [0.15, 0.2) is 65.1 Å². The molecule has 1 heterocycles. The summed E-state index contributed by atoms with van der Waals surface area (Å²) < 4.78 is 12.0. The van der Waals surface area contributed by atoms with Crippen LogP contribution in [0, 0.1) is 13.8 Å². The van der Waals surface area contributed by atoms with E-state index in [-0.39, 0.29) is 6.42 Å². The van der Waals surface area contributed by atoms with Gasteiger partial charge in [0.15, 0.2) is 0 Å². The molecule has 0 aliphatic rings. The van der Waals surface area contributed by atoms with Crippen LogP contribution >= 0.6 is 0 Å². The molecule has 0 bridgehead atoms. The predicted octanol–water partition coefficient (Wildman–Crippen LogP) is 5.38. The summed E-state index contributed by atoms with van der Waals surface area (Å²) in [4.78, 5) is 11.2. The number of aliphatic carboxylic acids is 1. The van der Waals surface area contributed by atoms with Crippen molar-refractivity contribution in [3.63, 3.8) is 0 Å². The zero-order chi connectivity index (χ0) is 22.0. The van der Waals surface area contributed by atoms with Crippen molar-refractivity contribution in [3.8, 4) is 16.9 Å². The van der Waals surface area contributed by atoms with Crippen LogP contribution in [-0.2, 0) is 24.4 Å². The highest BCUT2D eigenvalue weighted by Crippen LogP contribution is 2.32. The molecule has 31 heavy (non-hydrogen) atoms. The molecule has 0 aliphatic carbocycles. The molecule has 158 valence electrons. The number of hydrogen-bond donors (Lipinski definition) is 2. The number of aryl methyl sites for hydroxylation is 2. The van der Waals surface area contributed by atoms with Gasteiger partial charge in [-0.25, -0.2) is 0 Å². The number of carboxylic acid groups (broad SMARTS) is 1. The summed E-state index contributed by atoms with van der Waals surface area (Å²) in [6.07, 6.45) is -0.0810. The molecule has 0 saturated heterocycles. The number of nitrogens with two attached hydrogens (primary N) is 1. The normalized spacial score (nSPS) is 11.1. The van der Waals surface area contributed by atoms with Crippen molar-refractivity contribution >= 4 is 16.9 Å². The lowest BCUT2D eigenvalue weighted by Crippen LogP contribution is -2.05. The average molecular weight is 415 g/mol. The second-order valence-corrected chi connectivity index (χ2v) is 7.72. The van der Waals surface area contributed by atoms with E-state index in [9.17, 15) is 9.90 Å². The van der Waals surface area contributed by atoms with Crippen LogP contribution in [0.25, 0.3) is 22.1 Å². The second-order valence-electron chi connectivity index (χ2n) is 7.72. The van der Waals surface area contributed by atoms with Crippen LogP contribution in [0.5, 0.6) is 5.75 Å². The molecule has 3 aromatic carbocycles. The monoisotopic (exact) mass is 415 g/mol. The molecule has 0 radical (unpaired) electrons. The van der Waals surface area contributed by atoms with Crippen molar-refractivity contribution in [3.05, 3.63) is 88.7 Å². The van der Waals surface area contributed by atoms with Gasteiger partial charge in [0.1, 0.15) is 23.7 Å². The van der Waals surface area contributed by atoms with Crippen LogP contribution in [0.4, 0.5) is 0 Å². The van der Waals surface area contributed by atoms with E-state index in [1.54, 1.807) is 0 Å². The third-order valence-corrected chi connectivity index (χ3v) is 5.43. The summed E-state index contributed by atoms with van der Waals surface area (Å²) in [5.74, 6) is 0.487. The lowest BCUT2D eigenvalue weighted by Gasteiger charge is -2.12. The lowest BCUT2D eigenvalue weighted by atomic mass is 10.0. The van der Waals surface area contributed by atoms with Crippen molar-refractivity contribution in [2.75, 3.05) is 0 Å². The van der Waals surface area contributed by atoms with Crippen LogP contribution in [-0.4, -0.2) is 11.1 Å². The number of carboxylic acids is 1. The number of hydrogen-bond acceptors (Lipinski definition) is 4. The number of ether oxygens (including phenoxy) is 1. The smallest absolute Gasteiger partial charge is 0.307 e. The Balaban J connectivity index is 1.68. The minimum atomic E-state index is -0.886. The predicted molar refractivity (Wildman–Crippen MR) is 121 cm³/mol. The minimum absolute atomic E-state index is 0.0810. The third kappa shape index (κ3) is 4.47. The van der Waals surface area contributed by atoms with Gasteiger partial charge >= 0.3 is 5.97 Å². The summed E-state index contributed by atoms with van der Waals surface area (Å²) in [7, 11) is 0. The van der Waals surface area contributed by atoms with Crippen molar-refractivity contribution in [2.24, 2.45) is 5.73 Å². The fourth-order valence-electron chi connectivity index (χ4n) is 3.76. The molecule has 5 nitrogen and oxygen atoms in total. The Morgan fingerprint density at radius 2 is 1.84 bits per heavy atom. The molecule has 0 unspecified atom stereocenters. The highest BCUT2D eigenvalue weighted by Gasteiger charge is 2.15. The van der Waals surface area contributed by atoms with E-state index >= 15 is 0 Å². The Labute approximate surface area is 181 Å². The van der Waals surface area contributed by atoms with Crippen LogP contribution in [0.1, 0.15) is 28.0 Å². The molecule has 5 heteroatoms. The molecule has 3 N–H and O–H groups in total. The number of benzene rings is 3. The van der Waals surface area contributed by atoms with Gasteiger partial charge in [-0.05, 0) is 60.4 Å². The van der Waals surface area contributed by atoms with E-state index in [0.29, 0.717) is 24.5 Å². The first-order valence-electron chi connectivity index (χ1n) is 10.2. The van der Waals surface area contributed by atoms with Gasteiger partial charge in [-0.2, -0.15) is 0 Å². The van der Waals surface area contributed by atoms with Crippen LogP contribution in [0.2, 0.25) is 0 Å². The average Bonchev–Trinajstić information content (AvgIpc) is 3.07. The highest BCUT2D eigenvalue weighted by molar-refractivity contribution is 5.87. The molecule has 0 saturated carbocycles. The standard InChI is InChI=1S/C26H25NO4/c1-16-6-7-21(13-26(28)29)25(10-16)30-15-23-17(2)31-24-9-8-20(12-22(23)24)19-5-3-4-18(11-19)14-27/h3-12H,13-15,27H2,1-2H3,(H,28,29). The second kappa shape index (κ2) is 8.66. The number of carbonyl (C=O) groups is 1. The Morgan fingerprint density at radius 1 is 1.03 bits per heavy atom. The Bertz CT molecular complexity index is 1260. The Hall–Kier alpha value is -3.57. The first kappa shape index (κ1) is 20.7. The van der Waals surface area contributed by atoms with Gasteiger partial charge in [0.25, 0.3) is 0 Å². The van der Waals surface area contributed by atoms with Gasteiger partial charge in [-0.1, -0.05) is 36.4 Å². The van der Waals surface area contributed by atoms with E-state index in [2.05, 4.69) is 18.2 Å². The number of rotatable bonds is 7. The first-order valence-corrected chi connectivity index (χ1v) is 10.2. The Kier molecular flexibility index (Phi) is 5.78. The fraction of sp³-hybridized carbons (Fsp3) is 0.192. The molecular weight excluding hydrogens is 390 g/mol. The SMILES string of the molecule is Cc1ccc(CC(=O)O)c(OCc2c(C)oc3ccc(-c4cccc(CN)c4)cc23)c1. The zero-order valence-corrected chi connectivity index (χ0v) is 17.6. The maximum absolute atomic E-state index is 11.2. The fourth-order valence-corrected chi connectivity index (χ4v) is 3.76. The van der Waals surface area contributed by atoms with Crippen molar-refractivity contribution in [1.29, 1.82) is 0 Å². The van der Waals surface area contributed by atoms with E-state index in [4.69, 9.17) is 14.9 Å². The molecular formula is C26H25NO4. The summed E-state index contributed by atoms with van der Waals surface area (Å²) in [5.41, 5.74) is 12.5. The quantitative estimate of drug-likeness (QED) is 0.423. The largest absolute Gasteiger partial charge is 0.488 e. The summed E-state index contributed by atoms with van der Waals surface area (Å²) >= 11 is 0. The van der Waals surface area contributed by atoms with Crippen molar-refractivity contribution < 1.29 is 19.1 Å². The van der Waals surface area contributed by atoms with E-state index in [0.717, 1.165) is 44.5 Å². The van der Waals surface area contributed by atoms with E-state index in [1.807, 2.05) is 56.3 Å². The minimum Gasteiger partial charge on any atom is -0.488 e. The Morgan fingerprint density at radius 3 is 2.61 bits per heavy atom. The molecule has 4 rings (SSSR count). The molecule has 0 fully saturated rings. The summed E-state index contributed by atoms with van der Waals surface area (Å²) in [6.45, 7) is 4.66. The van der Waals surface area contributed by atoms with Gasteiger partial charge in [-0.3, -0.25) is 4.79 Å². The molecule has 0 atom stereocenters. The molecule has 0 amide bonds. The maximum atomic E-state index is 11.2. The topological polar surface area (TPSA) is 85.7 Å². The van der Waals surface area contributed by atoms with Gasteiger partial charge in [0.2, 0.25) is 0 Å². The van der Waals surface area contributed by atoms with E-state index in [1.165, 1.54) is 0 Å². The summed E-state index contributed by atoms with van der Waals surface area (Å²) in [6, 6.07) is 19.9. The highest BCUT2D eigenvalue weighted by atomic mass is 16.5. The lowest BCUT2D eigenvalue weighted by molar-refractivity contribution is -0.136.